The van der Waals surface area contributed by atoms with Gasteiger partial charge in [0.15, 0.2) is 5.65 Å². The predicted octanol–water partition coefficient (Wildman–Crippen LogP) is -0.407. The van der Waals surface area contributed by atoms with Gasteiger partial charge in [-0.25, -0.2) is 9.78 Å². The van der Waals surface area contributed by atoms with Gasteiger partial charge in [0.2, 0.25) is 0 Å². The molecule has 7 heteroatoms. The Morgan fingerprint density at radius 3 is 3.05 bits per heavy atom. The SMILES string of the molecule is C[C@H]1CNCCN1n1c(=O)ncc2cc(C#N)cnc21. The van der Waals surface area contributed by atoms with Gasteiger partial charge in [0.05, 0.1) is 11.6 Å². The molecule has 2 aromatic rings. The fourth-order valence-corrected chi connectivity index (χ4v) is 2.44. The Balaban J connectivity index is 2.21. The second-order valence-electron chi connectivity index (χ2n) is 4.82. The smallest absolute Gasteiger partial charge is 0.313 e. The topological polar surface area (TPSA) is 86.8 Å². The quantitative estimate of drug-likeness (QED) is 0.758. The molecule has 1 aliphatic rings. The van der Waals surface area contributed by atoms with Crippen LogP contribution >= 0.6 is 0 Å². The number of nitriles is 1. The largest absolute Gasteiger partial charge is 0.368 e. The van der Waals surface area contributed by atoms with E-state index in [4.69, 9.17) is 5.26 Å². The zero-order chi connectivity index (χ0) is 14.1. The van der Waals surface area contributed by atoms with Gasteiger partial charge in [-0.1, -0.05) is 0 Å². The molecular weight excluding hydrogens is 256 g/mol. The van der Waals surface area contributed by atoms with E-state index in [9.17, 15) is 4.79 Å². The van der Waals surface area contributed by atoms with Crippen LogP contribution in [0.3, 0.4) is 0 Å². The molecule has 3 rings (SSSR count). The molecule has 0 spiro atoms. The molecule has 7 nitrogen and oxygen atoms in total. The van der Waals surface area contributed by atoms with Crippen molar-refractivity contribution in [3.05, 3.63) is 34.5 Å². The summed E-state index contributed by atoms with van der Waals surface area (Å²) >= 11 is 0. The van der Waals surface area contributed by atoms with Gasteiger partial charge in [-0.15, -0.1) is 0 Å². The molecule has 1 fully saturated rings. The van der Waals surface area contributed by atoms with E-state index < -0.39 is 0 Å². The molecular formula is C13H14N6O. The van der Waals surface area contributed by atoms with Crippen LogP contribution < -0.4 is 16.0 Å². The van der Waals surface area contributed by atoms with Crippen LogP contribution in [-0.4, -0.2) is 40.3 Å². The molecule has 0 unspecified atom stereocenters. The fraction of sp³-hybridized carbons (Fsp3) is 0.385. The summed E-state index contributed by atoms with van der Waals surface area (Å²) in [7, 11) is 0. The molecule has 0 radical (unpaired) electrons. The zero-order valence-electron chi connectivity index (χ0n) is 11.1. The van der Waals surface area contributed by atoms with Crippen molar-refractivity contribution in [1.82, 2.24) is 20.0 Å². The minimum atomic E-state index is -0.344. The summed E-state index contributed by atoms with van der Waals surface area (Å²) in [5, 5.41) is 14.8. The monoisotopic (exact) mass is 270 g/mol. The first-order chi connectivity index (χ1) is 9.70. The van der Waals surface area contributed by atoms with Crippen LogP contribution in [0.4, 0.5) is 0 Å². The third-order valence-corrected chi connectivity index (χ3v) is 3.44. The van der Waals surface area contributed by atoms with Crippen molar-refractivity contribution < 1.29 is 0 Å². The first-order valence-electron chi connectivity index (χ1n) is 6.46. The summed E-state index contributed by atoms with van der Waals surface area (Å²) in [6, 6.07) is 3.91. The number of fused-ring (bicyclic) bond motifs is 1. The van der Waals surface area contributed by atoms with Crippen molar-refractivity contribution in [3.8, 4) is 6.07 Å². The molecule has 1 saturated heterocycles. The summed E-state index contributed by atoms with van der Waals surface area (Å²) in [6.07, 6.45) is 2.94. The molecule has 102 valence electrons. The van der Waals surface area contributed by atoms with Crippen molar-refractivity contribution in [2.45, 2.75) is 13.0 Å². The Morgan fingerprint density at radius 2 is 2.30 bits per heavy atom. The Morgan fingerprint density at radius 1 is 1.45 bits per heavy atom. The predicted molar refractivity (Wildman–Crippen MR) is 73.9 cm³/mol. The van der Waals surface area contributed by atoms with E-state index >= 15 is 0 Å². The van der Waals surface area contributed by atoms with Crippen molar-refractivity contribution in [3.63, 3.8) is 0 Å². The van der Waals surface area contributed by atoms with E-state index in [2.05, 4.69) is 15.3 Å². The van der Waals surface area contributed by atoms with E-state index in [0.717, 1.165) is 13.1 Å². The maximum Gasteiger partial charge on any atom is 0.368 e. The third kappa shape index (κ3) is 2.00. The highest BCUT2D eigenvalue weighted by Gasteiger charge is 2.21. The van der Waals surface area contributed by atoms with E-state index in [1.807, 2.05) is 18.0 Å². The normalized spacial score (nSPS) is 19.0. The first-order valence-corrected chi connectivity index (χ1v) is 6.46. The van der Waals surface area contributed by atoms with E-state index in [1.165, 1.54) is 17.1 Å². The molecule has 20 heavy (non-hydrogen) atoms. The average Bonchev–Trinajstić information content (AvgIpc) is 2.48. The number of nitrogens with one attached hydrogen (secondary N) is 1. The number of piperazine rings is 1. The lowest BCUT2D eigenvalue weighted by atomic mass is 10.2. The maximum atomic E-state index is 12.1. The number of hydrogen-bond acceptors (Lipinski definition) is 6. The summed E-state index contributed by atoms with van der Waals surface area (Å²) in [6.45, 7) is 4.37. The van der Waals surface area contributed by atoms with Crippen LogP contribution in [0.15, 0.2) is 23.3 Å². The van der Waals surface area contributed by atoms with Crippen molar-refractivity contribution >= 4 is 11.0 Å². The van der Waals surface area contributed by atoms with Gasteiger partial charge in [-0.3, -0.25) is 0 Å². The van der Waals surface area contributed by atoms with Crippen LogP contribution in [0.25, 0.3) is 11.0 Å². The van der Waals surface area contributed by atoms with Crippen LogP contribution in [0.1, 0.15) is 12.5 Å². The van der Waals surface area contributed by atoms with Gasteiger partial charge < -0.3 is 10.3 Å². The van der Waals surface area contributed by atoms with Crippen molar-refractivity contribution in [2.75, 3.05) is 24.6 Å². The van der Waals surface area contributed by atoms with Gasteiger partial charge in [-0.2, -0.15) is 14.9 Å². The molecule has 0 aliphatic carbocycles. The highest BCUT2D eigenvalue weighted by Crippen LogP contribution is 2.12. The van der Waals surface area contributed by atoms with Gasteiger partial charge >= 0.3 is 5.69 Å². The van der Waals surface area contributed by atoms with Gasteiger partial charge in [0.25, 0.3) is 0 Å². The molecule has 2 aromatic heterocycles. The van der Waals surface area contributed by atoms with Crippen LogP contribution in [-0.2, 0) is 0 Å². The van der Waals surface area contributed by atoms with Crippen molar-refractivity contribution in [1.29, 1.82) is 5.26 Å². The molecule has 1 aliphatic heterocycles. The van der Waals surface area contributed by atoms with Crippen LogP contribution in [0.2, 0.25) is 0 Å². The highest BCUT2D eigenvalue weighted by molar-refractivity contribution is 5.75. The molecule has 0 amide bonds. The highest BCUT2D eigenvalue weighted by atomic mass is 16.2. The molecule has 1 N–H and O–H groups in total. The summed E-state index contributed by atoms with van der Waals surface area (Å²) in [5.74, 6) is 0. The molecule has 3 heterocycles. The Labute approximate surface area is 115 Å². The zero-order valence-corrected chi connectivity index (χ0v) is 11.1. The van der Waals surface area contributed by atoms with E-state index in [1.54, 1.807) is 6.07 Å². The Bertz CT molecular complexity index is 747. The van der Waals surface area contributed by atoms with Crippen LogP contribution in [0.5, 0.6) is 0 Å². The number of rotatable bonds is 1. The molecule has 0 aromatic carbocycles. The lowest BCUT2D eigenvalue weighted by Gasteiger charge is -2.36. The molecule has 0 bridgehead atoms. The van der Waals surface area contributed by atoms with Gasteiger partial charge in [-0.05, 0) is 13.0 Å². The second-order valence-corrected chi connectivity index (χ2v) is 4.82. The van der Waals surface area contributed by atoms with E-state index in [0.29, 0.717) is 23.1 Å². The number of hydrogen-bond donors (Lipinski definition) is 1. The lowest BCUT2D eigenvalue weighted by molar-refractivity contribution is 0.410. The Hall–Kier alpha value is -2.46. The number of aromatic nitrogens is 3. The van der Waals surface area contributed by atoms with Gasteiger partial charge in [0, 0.05) is 37.4 Å². The molecule has 0 saturated carbocycles. The van der Waals surface area contributed by atoms with E-state index in [-0.39, 0.29) is 11.7 Å². The number of pyridine rings is 1. The lowest BCUT2D eigenvalue weighted by Crippen LogP contribution is -2.58. The van der Waals surface area contributed by atoms with Crippen molar-refractivity contribution in [2.24, 2.45) is 0 Å². The van der Waals surface area contributed by atoms with Gasteiger partial charge in [0.1, 0.15) is 6.07 Å². The second kappa shape index (κ2) is 4.90. The summed E-state index contributed by atoms with van der Waals surface area (Å²) in [4.78, 5) is 20.3. The third-order valence-electron chi connectivity index (χ3n) is 3.44. The Kier molecular flexibility index (Phi) is 3.08. The minimum Gasteiger partial charge on any atom is -0.313 e. The number of nitrogens with zero attached hydrogens (tertiary/aromatic N) is 5. The summed E-state index contributed by atoms with van der Waals surface area (Å²) < 4.78 is 1.52. The average molecular weight is 270 g/mol. The first kappa shape index (κ1) is 12.6. The fourth-order valence-electron chi connectivity index (χ4n) is 2.44. The summed E-state index contributed by atoms with van der Waals surface area (Å²) in [5.41, 5.74) is 0.652. The maximum absolute atomic E-state index is 12.1. The standard InChI is InChI=1S/C13H14N6O/c1-9-6-15-2-3-18(9)19-12-11(8-17-13(19)20)4-10(5-14)7-16-12/h4,7-9,15H,2-3,6H2,1H3/t9-/m0/s1. The molecule has 1 atom stereocenters. The minimum absolute atomic E-state index is 0.172. The van der Waals surface area contributed by atoms with Crippen LogP contribution in [0, 0.1) is 11.3 Å².